The number of thiazole rings is 1. The van der Waals surface area contributed by atoms with Crippen LogP contribution in [0.5, 0.6) is 0 Å². The summed E-state index contributed by atoms with van der Waals surface area (Å²) >= 11 is 1.43. The van der Waals surface area contributed by atoms with Crippen LogP contribution in [0.15, 0.2) is 35.7 Å². The Labute approximate surface area is 113 Å². The molecule has 6 heteroatoms. The van der Waals surface area contributed by atoms with Crippen molar-refractivity contribution in [1.29, 1.82) is 0 Å². The molecule has 1 atom stereocenters. The number of hydrogen-bond donors (Lipinski definition) is 1. The molecule has 1 unspecified atom stereocenters. The smallest absolute Gasteiger partial charge is 0.297 e. The molecule has 1 heterocycles. The van der Waals surface area contributed by atoms with Crippen LogP contribution in [0.1, 0.15) is 22.3 Å². The summed E-state index contributed by atoms with van der Waals surface area (Å²) in [5, 5.41) is 5.14. The summed E-state index contributed by atoms with van der Waals surface area (Å²) in [7, 11) is 0. The Kier molecular flexibility index (Phi) is 4.21. The number of halogens is 3. The fraction of sp³-hybridized carbons (Fsp3) is 0.308. The van der Waals surface area contributed by atoms with Gasteiger partial charge in [0.15, 0.2) is 0 Å². The van der Waals surface area contributed by atoms with Crippen LogP contribution in [0, 0.1) is 6.92 Å². The average molecular weight is 286 g/mol. The first-order valence-electron chi connectivity index (χ1n) is 5.73. The highest BCUT2D eigenvalue weighted by Gasteiger charge is 2.40. The minimum absolute atomic E-state index is 0.101. The zero-order valence-electron chi connectivity index (χ0n) is 10.2. The molecule has 0 aliphatic heterocycles. The Morgan fingerprint density at radius 2 is 1.95 bits per heavy atom. The largest absolute Gasteiger partial charge is 0.407 e. The van der Waals surface area contributed by atoms with Gasteiger partial charge in [-0.05, 0) is 12.5 Å². The van der Waals surface area contributed by atoms with Crippen molar-refractivity contribution in [3.63, 3.8) is 0 Å². The van der Waals surface area contributed by atoms with Crippen LogP contribution >= 0.6 is 11.3 Å². The standard InChI is InChI=1S/C13H13F3N2S/c1-9-18-11(8-19-9)7-17-12(13(14,15)16)10-5-3-2-4-6-10/h2-6,8,12,17H,7H2,1H3. The molecule has 102 valence electrons. The number of aromatic nitrogens is 1. The Bertz CT molecular complexity index is 522. The molecule has 0 amide bonds. The molecule has 2 rings (SSSR count). The fourth-order valence-corrected chi connectivity index (χ4v) is 2.38. The molecule has 19 heavy (non-hydrogen) atoms. The molecule has 0 spiro atoms. The summed E-state index contributed by atoms with van der Waals surface area (Å²) in [6, 6.07) is 6.16. The van der Waals surface area contributed by atoms with E-state index in [1.807, 2.05) is 6.92 Å². The summed E-state index contributed by atoms with van der Waals surface area (Å²) in [5.41, 5.74) is 0.842. The number of aryl methyl sites for hydroxylation is 1. The third-order valence-electron chi connectivity index (χ3n) is 2.61. The quantitative estimate of drug-likeness (QED) is 0.923. The maximum Gasteiger partial charge on any atom is 0.407 e. The van der Waals surface area contributed by atoms with Crippen LogP contribution < -0.4 is 5.32 Å². The molecule has 0 fully saturated rings. The highest BCUT2D eigenvalue weighted by atomic mass is 32.1. The van der Waals surface area contributed by atoms with Gasteiger partial charge in [-0.15, -0.1) is 11.3 Å². The van der Waals surface area contributed by atoms with Gasteiger partial charge in [0.25, 0.3) is 0 Å². The van der Waals surface area contributed by atoms with Gasteiger partial charge in [-0.3, -0.25) is 5.32 Å². The zero-order chi connectivity index (χ0) is 13.9. The van der Waals surface area contributed by atoms with Crippen molar-refractivity contribution in [1.82, 2.24) is 10.3 Å². The maximum absolute atomic E-state index is 13.0. The predicted octanol–water partition coefficient (Wildman–Crippen LogP) is 3.84. The van der Waals surface area contributed by atoms with Crippen molar-refractivity contribution in [2.75, 3.05) is 0 Å². The van der Waals surface area contributed by atoms with Crippen LogP contribution in [0.2, 0.25) is 0 Å². The normalized spacial score (nSPS) is 13.5. The van der Waals surface area contributed by atoms with Gasteiger partial charge in [0.05, 0.1) is 10.7 Å². The van der Waals surface area contributed by atoms with Crippen LogP contribution in [0.4, 0.5) is 13.2 Å². The first-order valence-corrected chi connectivity index (χ1v) is 6.61. The van der Waals surface area contributed by atoms with Gasteiger partial charge in [0.2, 0.25) is 0 Å². The molecular weight excluding hydrogens is 273 g/mol. The first-order chi connectivity index (χ1) is 8.97. The van der Waals surface area contributed by atoms with Gasteiger partial charge in [-0.25, -0.2) is 4.98 Å². The van der Waals surface area contributed by atoms with E-state index in [-0.39, 0.29) is 12.1 Å². The molecule has 1 N–H and O–H groups in total. The molecule has 2 aromatic rings. The molecule has 1 aromatic carbocycles. The summed E-state index contributed by atoms with van der Waals surface area (Å²) < 4.78 is 39.1. The molecule has 0 aliphatic rings. The summed E-state index contributed by atoms with van der Waals surface area (Å²) in [5.74, 6) is 0. The number of rotatable bonds is 4. The lowest BCUT2D eigenvalue weighted by molar-refractivity contribution is -0.158. The van der Waals surface area contributed by atoms with Crippen molar-refractivity contribution in [3.05, 3.63) is 52.0 Å². The Hall–Kier alpha value is -1.40. The van der Waals surface area contributed by atoms with Crippen molar-refractivity contribution in [2.45, 2.75) is 25.7 Å². The van der Waals surface area contributed by atoms with E-state index < -0.39 is 12.2 Å². The summed E-state index contributed by atoms with van der Waals surface area (Å²) in [6.45, 7) is 1.93. The third-order valence-corrected chi connectivity index (χ3v) is 3.44. The van der Waals surface area contributed by atoms with E-state index in [2.05, 4.69) is 10.3 Å². The molecule has 0 saturated heterocycles. The lowest BCUT2D eigenvalue weighted by atomic mass is 10.1. The SMILES string of the molecule is Cc1nc(CNC(c2ccccc2)C(F)(F)F)cs1. The summed E-state index contributed by atoms with van der Waals surface area (Å²) in [6.07, 6.45) is -4.33. The number of alkyl halides is 3. The molecule has 1 aromatic heterocycles. The van der Waals surface area contributed by atoms with E-state index >= 15 is 0 Å². The summed E-state index contributed by atoms with van der Waals surface area (Å²) in [4.78, 5) is 4.15. The van der Waals surface area contributed by atoms with Gasteiger partial charge in [0.1, 0.15) is 6.04 Å². The monoisotopic (exact) mass is 286 g/mol. The lowest BCUT2D eigenvalue weighted by Crippen LogP contribution is -2.33. The lowest BCUT2D eigenvalue weighted by Gasteiger charge is -2.21. The molecular formula is C13H13F3N2S. The highest BCUT2D eigenvalue weighted by molar-refractivity contribution is 7.09. The van der Waals surface area contributed by atoms with Gasteiger partial charge in [-0.1, -0.05) is 30.3 Å². The Morgan fingerprint density at radius 1 is 1.26 bits per heavy atom. The van der Waals surface area contributed by atoms with Crippen molar-refractivity contribution >= 4 is 11.3 Å². The molecule has 0 aliphatic carbocycles. The number of nitrogens with one attached hydrogen (secondary N) is 1. The van der Waals surface area contributed by atoms with E-state index in [0.717, 1.165) is 5.01 Å². The van der Waals surface area contributed by atoms with E-state index in [0.29, 0.717) is 5.69 Å². The minimum atomic E-state index is -4.33. The van der Waals surface area contributed by atoms with Crippen LogP contribution in [-0.2, 0) is 6.54 Å². The molecule has 0 bridgehead atoms. The first kappa shape index (κ1) is 14.0. The molecule has 2 nitrogen and oxygen atoms in total. The van der Waals surface area contributed by atoms with Gasteiger partial charge >= 0.3 is 6.18 Å². The second-order valence-corrected chi connectivity index (χ2v) is 5.19. The molecule has 0 saturated carbocycles. The van der Waals surface area contributed by atoms with Crippen LogP contribution in [0.25, 0.3) is 0 Å². The minimum Gasteiger partial charge on any atom is -0.297 e. The van der Waals surface area contributed by atoms with Crippen LogP contribution in [-0.4, -0.2) is 11.2 Å². The maximum atomic E-state index is 13.0. The average Bonchev–Trinajstić information content (AvgIpc) is 2.75. The second-order valence-electron chi connectivity index (χ2n) is 4.12. The van der Waals surface area contributed by atoms with E-state index in [4.69, 9.17) is 0 Å². The number of benzene rings is 1. The predicted molar refractivity (Wildman–Crippen MR) is 68.9 cm³/mol. The number of nitrogens with zero attached hydrogens (tertiary/aromatic N) is 1. The third kappa shape index (κ3) is 3.78. The van der Waals surface area contributed by atoms with E-state index in [9.17, 15) is 13.2 Å². The van der Waals surface area contributed by atoms with Gasteiger partial charge in [-0.2, -0.15) is 13.2 Å². The van der Waals surface area contributed by atoms with Crippen molar-refractivity contribution in [3.8, 4) is 0 Å². The topological polar surface area (TPSA) is 24.9 Å². The van der Waals surface area contributed by atoms with Crippen molar-refractivity contribution < 1.29 is 13.2 Å². The molecule has 0 radical (unpaired) electrons. The number of hydrogen-bond acceptors (Lipinski definition) is 3. The fourth-order valence-electron chi connectivity index (χ4n) is 1.76. The Balaban J connectivity index is 2.11. The van der Waals surface area contributed by atoms with E-state index in [1.165, 1.54) is 23.5 Å². The van der Waals surface area contributed by atoms with Gasteiger partial charge < -0.3 is 0 Å². The second kappa shape index (κ2) is 5.71. The Morgan fingerprint density at radius 3 is 2.47 bits per heavy atom. The van der Waals surface area contributed by atoms with Crippen LogP contribution in [0.3, 0.4) is 0 Å². The van der Waals surface area contributed by atoms with Crippen molar-refractivity contribution in [2.24, 2.45) is 0 Å². The van der Waals surface area contributed by atoms with Gasteiger partial charge in [0, 0.05) is 11.9 Å². The van der Waals surface area contributed by atoms with E-state index in [1.54, 1.807) is 23.6 Å². The zero-order valence-corrected chi connectivity index (χ0v) is 11.1. The highest BCUT2D eigenvalue weighted by Crippen LogP contribution is 2.32.